The summed E-state index contributed by atoms with van der Waals surface area (Å²) in [6.07, 6.45) is 47.6. The summed E-state index contributed by atoms with van der Waals surface area (Å²) >= 11 is 0. The van der Waals surface area contributed by atoms with Crippen molar-refractivity contribution in [2.24, 2.45) is 5.73 Å². The number of esters is 2. The fraction of sp³-hybridized carbons (Fsp3) is 0.766. The number of carbonyl (C=O) groups is 3. The maximum Gasteiger partial charge on any atom is 0.472 e. The fourth-order valence-electron chi connectivity index (χ4n) is 6.23. The number of carboxylic acids is 1. The molecule has 0 fully saturated rings. The molecule has 0 spiro atoms. The Morgan fingerprint density at radius 1 is 0.542 bits per heavy atom. The summed E-state index contributed by atoms with van der Waals surface area (Å²) in [7, 11) is -4.73. The highest BCUT2D eigenvalue weighted by Gasteiger charge is 2.28. The number of phosphoric ester groups is 1. The molecule has 4 N–H and O–H groups in total. The zero-order chi connectivity index (χ0) is 43.5. The molecule has 1 unspecified atom stereocenters. The predicted octanol–water partition coefficient (Wildman–Crippen LogP) is 12.6. The minimum atomic E-state index is -4.73. The van der Waals surface area contributed by atoms with Gasteiger partial charge in [0.25, 0.3) is 0 Å². The monoisotopic (exact) mass is 854 g/mol. The Hall–Kier alpha value is -2.56. The first-order valence-electron chi connectivity index (χ1n) is 23.2. The minimum Gasteiger partial charge on any atom is -0.480 e. The van der Waals surface area contributed by atoms with Gasteiger partial charge in [0.2, 0.25) is 0 Å². The van der Waals surface area contributed by atoms with E-state index in [1.54, 1.807) is 0 Å². The van der Waals surface area contributed by atoms with Gasteiger partial charge in [0.1, 0.15) is 12.6 Å². The lowest BCUT2D eigenvalue weighted by Crippen LogP contribution is -2.34. The number of hydrogen-bond donors (Lipinski definition) is 3. The van der Waals surface area contributed by atoms with Gasteiger partial charge < -0.3 is 25.2 Å². The third-order valence-electron chi connectivity index (χ3n) is 9.84. The van der Waals surface area contributed by atoms with Crippen LogP contribution in [0.25, 0.3) is 0 Å². The van der Waals surface area contributed by atoms with E-state index in [4.69, 9.17) is 24.8 Å². The highest BCUT2D eigenvalue weighted by atomic mass is 31.2. The molecule has 11 nitrogen and oxygen atoms in total. The number of aliphatic carboxylic acids is 1. The fourth-order valence-corrected chi connectivity index (χ4v) is 7.01. The Bertz CT molecular complexity index is 1190. The number of phosphoric acid groups is 1. The lowest BCUT2D eigenvalue weighted by Gasteiger charge is -2.20. The van der Waals surface area contributed by atoms with Gasteiger partial charge in [-0.05, 0) is 51.4 Å². The van der Waals surface area contributed by atoms with Gasteiger partial charge in [-0.15, -0.1) is 0 Å². The van der Waals surface area contributed by atoms with E-state index in [0.717, 1.165) is 57.8 Å². The van der Waals surface area contributed by atoms with Crippen molar-refractivity contribution in [3.05, 3.63) is 48.6 Å². The van der Waals surface area contributed by atoms with Crippen LogP contribution in [0.1, 0.15) is 200 Å². The van der Waals surface area contributed by atoms with Crippen LogP contribution in [0, 0.1) is 0 Å². The molecule has 0 aromatic carbocycles. The van der Waals surface area contributed by atoms with Gasteiger partial charge in [-0.2, -0.15) is 0 Å². The molecule has 0 aromatic heterocycles. The van der Waals surface area contributed by atoms with Gasteiger partial charge in [0.05, 0.1) is 13.2 Å². The molecular formula is C47H84NO10P. The molecule has 0 amide bonds. The number of rotatable bonds is 43. The maximum absolute atomic E-state index is 12.6. The first kappa shape index (κ1) is 56.4. The van der Waals surface area contributed by atoms with E-state index in [0.29, 0.717) is 12.8 Å². The maximum atomic E-state index is 12.6. The molecule has 0 radical (unpaired) electrons. The van der Waals surface area contributed by atoms with Crippen molar-refractivity contribution in [3.8, 4) is 0 Å². The lowest BCUT2D eigenvalue weighted by atomic mass is 10.0. The first-order valence-corrected chi connectivity index (χ1v) is 24.7. The van der Waals surface area contributed by atoms with Gasteiger partial charge in [-0.25, -0.2) is 4.57 Å². The molecule has 0 aliphatic carbocycles. The van der Waals surface area contributed by atoms with E-state index < -0.39 is 51.1 Å². The molecule has 59 heavy (non-hydrogen) atoms. The second-order valence-electron chi connectivity index (χ2n) is 15.5. The number of ether oxygens (including phenoxy) is 2. The molecule has 0 saturated heterocycles. The zero-order valence-electron chi connectivity index (χ0n) is 37.1. The number of nitrogens with two attached hydrogens (primary N) is 1. The minimum absolute atomic E-state index is 0.109. The SMILES string of the molecule is CC/C=C/C/C=C/C/C=C/C/C=C/CCCCC(=O)O[C@@H](COC(=O)CCCCCCCCCCCCCCCCCCCCCC)COP(=O)(O)OC[C@@H](N)C(=O)O. The van der Waals surface area contributed by atoms with Gasteiger partial charge >= 0.3 is 25.7 Å². The largest absolute Gasteiger partial charge is 0.480 e. The summed E-state index contributed by atoms with van der Waals surface area (Å²) in [5.74, 6) is -2.43. The number of hydrogen-bond acceptors (Lipinski definition) is 9. The van der Waals surface area contributed by atoms with Crippen LogP contribution in [0.4, 0.5) is 0 Å². The molecule has 0 aromatic rings. The van der Waals surface area contributed by atoms with Crippen LogP contribution >= 0.6 is 7.82 Å². The number of carboxylic acid groups (broad SMARTS) is 1. The molecule has 0 aliphatic heterocycles. The average Bonchev–Trinajstić information content (AvgIpc) is 3.21. The van der Waals surface area contributed by atoms with Gasteiger partial charge in [0, 0.05) is 12.8 Å². The third-order valence-corrected chi connectivity index (χ3v) is 10.8. The standard InChI is InChI=1S/C47H84NO10P/c1-3-5-7-9-11-13-15-17-19-20-21-22-23-25-26-28-30-32-34-36-38-45(49)55-40-43(41-56-59(53,54)57-42-44(48)47(51)52)58-46(50)39-37-35-33-31-29-27-24-18-16-14-12-10-8-6-4-2/h6,8,12,14,18,24,29,31,43-44H,3-5,7,9-11,13,15-17,19-23,25-28,30,32-42,48H2,1-2H3,(H,51,52)(H,53,54)/b8-6+,14-12+,24-18+,31-29+/t43-,44+/m0/s1. The number of allylic oxidation sites excluding steroid dienone is 8. The third kappa shape index (κ3) is 41.9. The van der Waals surface area contributed by atoms with Crippen molar-refractivity contribution in [1.29, 1.82) is 0 Å². The Labute approximate surface area is 358 Å². The zero-order valence-corrected chi connectivity index (χ0v) is 38.0. The van der Waals surface area contributed by atoms with Crippen molar-refractivity contribution in [2.75, 3.05) is 19.8 Å². The summed E-state index contributed by atoms with van der Waals surface area (Å²) in [5, 5.41) is 8.90. The number of unbranched alkanes of at least 4 members (excludes halogenated alkanes) is 21. The van der Waals surface area contributed by atoms with E-state index in [1.807, 2.05) is 0 Å². The predicted molar refractivity (Wildman–Crippen MR) is 240 cm³/mol. The molecule has 0 heterocycles. The van der Waals surface area contributed by atoms with E-state index in [-0.39, 0.29) is 19.4 Å². The molecule has 0 saturated carbocycles. The summed E-state index contributed by atoms with van der Waals surface area (Å²) in [6, 6.07) is -1.53. The quantitative estimate of drug-likeness (QED) is 0.0231. The van der Waals surface area contributed by atoms with Crippen molar-refractivity contribution in [2.45, 2.75) is 212 Å². The van der Waals surface area contributed by atoms with E-state index in [9.17, 15) is 23.8 Å². The molecule has 12 heteroatoms. The van der Waals surface area contributed by atoms with Crippen LogP contribution in [-0.2, 0) is 37.5 Å². The number of carbonyl (C=O) groups excluding carboxylic acids is 2. The van der Waals surface area contributed by atoms with Gasteiger partial charge in [-0.3, -0.25) is 23.4 Å². The van der Waals surface area contributed by atoms with Crippen molar-refractivity contribution >= 4 is 25.7 Å². The second-order valence-corrected chi connectivity index (χ2v) is 17.0. The van der Waals surface area contributed by atoms with Gasteiger partial charge in [-0.1, -0.05) is 184 Å². The molecular weight excluding hydrogens is 769 g/mol. The smallest absolute Gasteiger partial charge is 0.472 e. The average molecular weight is 854 g/mol. The summed E-state index contributed by atoms with van der Waals surface area (Å²) in [5.41, 5.74) is 5.33. The van der Waals surface area contributed by atoms with Crippen LogP contribution < -0.4 is 5.73 Å². The molecule has 0 aliphatic rings. The summed E-state index contributed by atoms with van der Waals surface area (Å²) in [4.78, 5) is 46.0. The molecule has 3 atom stereocenters. The van der Waals surface area contributed by atoms with Crippen LogP contribution in [0.15, 0.2) is 48.6 Å². The Morgan fingerprint density at radius 2 is 0.949 bits per heavy atom. The van der Waals surface area contributed by atoms with Crippen molar-refractivity contribution in [1.82, 2.24) is 0 Å². The normalized spacial score (nSPS) is 14.1. The van der Waals surface area contributed by atoms with E-state index >= 15 is 0 Å². The Balaban J connectivity index is 4.32. The van der Waals surface area contributed by atoms with Gasteiger partial charge in [0.15, 0.2) is 6.10 Å². The topological polar surface area (TPSA) is 172 Å². The van der Waals surface area contributed by atoms with E-state index in [1.165, 1.54) is 103 Å². The first-order chi connectivity index (χ1) is 28.6. The Kier molecular flexibility index (Phi) is 40.3. The van der Waals surface area contributed by atoms with Crippen molar-refractivity contribution < 1.29 is 47.5 Å². The highest BCUT2D eigenvalue weighted by Crippen LogP contribution is 2.43. The molecule has 342 valence electrons. The lowest BCUT2D eigenvalue weighted by molar-refractivity contribution is -0.161. The van der Waals surface area contributed by atoms with Crippen LogP contribution in [0.3, 0.4) is 0 Å². The second kappa shape index (κ2) is 42.1. The highest BCUT2D eigenvalue weighted by molar-refractivity contribution is 7.47. The van der Waals surface area contributed by atoms with Crippen LogP contribution in [0.5, 0.6) is 0 Å². The molecule has 0 rings (SSSR count). The summed E-state index contributed by atoms with van der Waals surface area (Å²) in [6.45, 7) is 2.66. The van der Waals surface area contributed by atoms with Crippen molar-refractivity contribution in [3.63, 3.8) is 0 Å². The van der Waals surface area contributed by atoms with Crippen LogP contribution in [-0.4, -0.2) is 59.9 Å². The van der Waals surface area contributed by atoms with E-state index in [2.05, 4.69) is 67.0 Å². The summed E-state index contributed by atoms with van der Waals surface area (Å²) < 4.78 is 32.7. The Morgan fingerprint density at radius 3 is 1.42 bits per heavy atom. The molecule has 0 bridgehead atoms. The van der Waals surface area contributed by atoms with Crippen LogP contribution in [0.2, 0.25) is 0 Å².